The molecular weight excluding hydrogens is 464 g/mol. The highest BCUT2D eigenvalue weighted by Gasteiger charge is 2.45. The van der Waals surface area contributed by atoms with E-state index in [0.717, 1.165) is 12.8 Å². The van der Waals surface area contributed by atoms with Gasteiger partial charge in [-0.1, -0.05) is 143 Å². The summed E-state index contributed by atoms with van der Waals surface area (Å²) in [6.45, 7) is 9.21. The van der Waals surface area contributed by atoms with E-state index >= 15 is 0 Å². The molecule has 37 heavy (non-hydrogen) atoms. The Labute approximate surface area is 226 Å². The highest BCUT2D eigenvalue weighted by Crippen LogP contribution is 2.38. The van der Waals surface area contributed by atoms with Gasteiger partial charge in [-0.15, -0.1) is 0 Å². The van der Waals surface area contributed by atoms with Crippen molar-refractivity contribution in [3.05, 3.63) is 114 Å². The average molecular weight is 509 g/mol. The fraction of sp³-hybridized carbons (Fsp3) is 0.371. The van der Waals surface area contributed by atoms with Crippen LogP contribution in [-0.2, 0) is 4.43 Å². The Morgan fingerprint density at radius 1 is 0.757 bits per heavy atom. The maximum atomic E-state index is 7.83. The van der Waals surface area contributed by atoms with Crippen molar-refractivity contribution >= 4 is 23.9 Å². The molecule has 1 aliphatic carbocycles. The zero-order valence-electron chi connectivity index (χ0n) is 23.3. The van der Waals surface area contributed by atoms with E-state index in [2.05, 4.69) is 131 Å². The van der Waals surface area contributed by atoms with E-state index in [9.17, 15) is 0 Å². The van der Waals surface area contributed by atoms with Crippen molar-refractivity contribution in [3.8, 4) is 0 Å². The van der Waals surface area contributed by atoms with Crippen LogP contribution in [0.25, 0.3) is 0 Å². The first-order valence-corrected chi connectivity index (χ1v) is 16.0. The molecule has 2 heteroatoms. The van der Waals surface area contributed by atoms with Gasteiger partial charge < -0.3 is 4.43 Å². The van der Waals surface area contributed by atoms with Gasteiger partial charge in [-0.05, 0) is 59.2 Å². The smallest absolute Gasteiger partial charge is 0.346 e. The number of rotatable bonds is 9. The molecule has 0 aromatic heterocycles. The molecule has 0 bridgehead atoms. The van der Waals surface area contributed by atoms with E-state index in [-0.39, 0.29) is 5.41 Å². The average Bonchev–Trinajstić information content (AvgIpc) is 2.93. The van der Waals surface area contributed by atoms with Gasteiger partial charge in [0.15, 0.2) is 0 Å². The van der Waals surface area contributed by atoms with Crippen molar-refractivity contribution in [2.45, 2.75) is 72.6 Å². The van der Waals surface area contributed by atoms with Crippen LogP contribution in [0.15, 0.2) is 114 Å². The van der Waals surface area contributed by atoms with Crippen molar-refractivity contribution < 1.29 is 4.43 Å². The zero-order chi connectivity index (χ0) is 26.1. The summed E-state index contributed by atoms with van der Waals surface area (Å²) < 4.78 is 7.83. The predicted molar refractivity (Wildman–Crippen MR) is 162 cm³/mol. The Morgan fingerprint density at radius 3 is 1.62 bits per heavy atom. The van der Waals surface area contributed by atoms with Crippen LogP contribution in [0.2, 0.25) is 0 Å². The van der Waals surface area contributed by atoms with E-state index in [1.165, 1.54) is 59.0 Å². The van der Waals surface area contributed by atoms with E-state index < -0.39 is 8.32 Å². The summed E-state index contributed by atoms with van der Waals surface area (Å²) >= 11 is 0. The van der Waals surface area contributed by atoms with Crippen LogP contribution in [0.4, 0.5) is 0 Å². The molecule has 1 aliphatic rings. The molecule has 3 aromatic rings. The molecule has 0 heterocycles. The molecule has 1 saturated carbocycles. The van der Waals surface area contributed by atoms with Gasteiger partial charge in [0.25, 0.3) is 0 Å². The summed E-state index contributed by atoms with van der Waals surface area (Å²) in [6.07, 6.45) is 12.9. The molecule has 0 amide bonds. The Hall–Kier alpha value is -2.84. The van der Waals surface area contributed by atoms with Gasteiger partial charge in [0.05, 0.1) is 5.76 Å². The van der Waals surface area contributed by atoms with Crippen molar-refractivity contribution in [2.24, 2.45) is 11.3 Å². The number of benzene rings is 3. The van der Waals surface area contributed by atoms with Gasteiger partial charge in [-0.3, -0.25) is 0 Å². The van der Waals surface area contributed by atoms with Crippen molar-refractivity contribution in [2.75, 3.05) is 0 Å². The SMILES string of the molecule is C/C=C/C/C(CC(C)(C)C)=C(\O[Si](c1ccccc1)(c1ccccc1)c1ccccc1)C1CCCCC1. The Morgan fingerprint density at radius 2 is 1.22 bits per heavy atom. The summed E-state index contributed by atoms with van der Waals surface area (Å²) in [7, 11) is -2.83. The lowest BCUT2D eigenvalue weighted by Gasteiger charge is -2.39. The minimum Gasteiger partial charge on any atom is -0.533 e. The van der Waals surface area contributed by atoms with Crippen LogP contribution < -0.4 is 15.6 Å². The van der Waals surface area contributed by atoms with E-state index in [0.29, 0.717) is 5.92 Å². The number of hydrogen-bond acceptors (Lipinski definition) is 1. The van der Waals surface area contributed by atoms with E-state index in [4.69, 9.17) is 4.43 Å². The van der Waals surface area contributed by atoms with Crippen molar-refractivity contribution in [1.82, 2.24) is 0 Å². The molecule has 0 atom stereocenters. The van der Waals surface area contributed by atoms with Crippen LogP contribution in [0, 0.1) is 11.3 Å². The Bertz CT molecular complexity index is 1050. The number of hydrogen-bond donors (Lipinski definition) is 0. The normalized spacial score (nSPS) is 16.0. The first-order valence-electron chi connectivity index (χ1n) is 14.1. The third-order valence-electron chi connectivity index (χ3n) is 7.47. The molecule has 0 spiro atoms. The largest absolute Gasteiger partial charge is 0.533 e. The van der Waals surface area contributed by atoms with Crippen LogP contribution in [-0.4, -0.2) is 8.32 Å². The summed E-state index contributed by atoms with van der Waals surface area (Å²) in [5.74, 6) is 1.77. The predicted octanol–water partition coefficient (Wildman–Crippen LogP) is 7.91. The number of allylic oxidation sites excluding steroid dienone is 4. The topological polar surface area (TPSA) is 9.23 Å². The Kier molecular flexibility index (Phi) is 9.26. The second kappa shape index (κ2) is 12.6. The molecular formula is C35H44OSi. The fourth-order valence-corrected chi connectivity index (χ4v) is 9.81. The van der Waals surface area contributed by atoms with Crippen LogP contribution in [0.1, 0.15) is 72.6 Å². The van der Waals surface area contributed by atoms with E-state index in [1.807, 2.05) is 0 Å². The van der Waals surface area contributed by atoms with Gasteiger partial charge in [-0.25, -0.2) is 0 Å². The standard InChI is InChI=1S/C35H44OSi/c1-5-6-19-30(28-35(2,3)4)34(29-20-11-7-12-21-29)36-37(31-22-13-8-14-23-31,32-24-15-9-16-25-32)33-26-17-10-18-27-33/h5-6,8-10,13-18,22-27,29H,7,11-12,19-21,28H2,1-4H3/b6-5+,34-30+. The summed E-state index contributed by atoms with van der Waals surface area (Å²) in [4.78, 5) is 0. The first kappa shape index (κ1) is 27.2. The summed E-state index contributed by atoms with van der Waals surface area (Å²) in [6, 6.07) is 33.1. The lowest BCUT2D eigenvalue weighted by atomic mass is 9.81. The zero-order valence-corrected chi connectivity index (χ0v) is 24.3. The molecule has 1 fully saturated rings. The highest BCUT2D eigenvalue weighted by molar-refractivity contribution is 7.07. The maximum Gasteiger partial charge on any atom is 0.346 e. The van der Waals surface area contributed by atoms with Crippen molar-refractivity contribution in [3.63, 3.8) is 0 Å². The van der Waals surface area contributed by atoms with Crippen LogP contribution in [0.3, 0.4) is 0 Å². The third kappa shape index (κ3) is 6.73. The molecule has 0 radical (unpaired) electrons. The summed E-state index contributed by atoms with van der Waals surface area (Å²) in [5.41, 5.74) is 1.67. The molecule has 1 nitrogen and oxygen atoms in total. The molecule has 0 N–H and O–H groups in total. The highest BCUT2D eigenvalue weighted by atomic mass is 28.4. The molecule has 0 unspecified atom stereocenters. The molecule has 4 rings (SSSR count). The van der Waals surface area contributed by atoms with E-state index in [1.54, 1.807) is 0 Å². The first-order chi connectivity index (χ1) is 17.9. The van der Waals surface area contributed by atoms with Gasteiger partial charge in [0, 0.05) is 5.92 Å². The Balaban J connectivity index is 2.01. The third-order valence-corrected chi connectivity index (χ3v) is 11.4. The second-order valence-electron chi connectivity index (χ2n) is 11.7. The van der Waals surface area contributed by atoms with Gasteiger partial charge in [0.2, 0.25) is 0 Å². The fourth-order valence-electron chi connectivity index (χ4n) is 5.83. The van der Waals surface area contributed by atoms with Crippen molar-refractivity contribution in [1.29, 1.82) is 0 Å². The summed E-state index contributed by atoms with van der Waals surface area (Å²) in [5, 5.41) is 3.92. The van der Waals surface area contributed by atoms with Gasteiger partial charge >= 0.3 is 8.32 Å². The molecule has 194 valence electrons. The minimum absolute atomic E-state index is 0.191. The molecule has 0 saturated heterocycles. The minimum atomic E-state index is -2.83. The quantitative estimate of drug-likeness (QED) is 0.123. The molecule has 0 aliphatic heterocycles. The van der Waals surface area contributed by atoms with Gasteiger partial charge in [0.1, 0.15) is 0 Å². The lowest BCUT2D eigenvalue weighted by Crippen LogP contribution is -2.69. The van der Waals surface area contributed by atoms with Crippen LogP contribution in [0.5, 0.6) is 0 Å². The maximum absolute atomic E-state index is 7.83. The molecule has 3 aromatic carbocycles. The lowest BCUT2D eigenvalue weighted by molar-refractivity contribution is 0.277. The van der Waals surface area contributed by atoms with Crippen LogP contribution >= 0.6 is 0 Å². The second-order valence-corrected chi connectivity index (χ2v) is 15.0. The van der Waals surface area contributed by atoms with Gasteiger partial charge in [-0.2, -0.15) is 0 Å². The monoisotopic (exact) mass is 508 g/mol.